The summed E-state index contributed by atoms with van der Waals surface area (Å²) in [6, 6.07) is 6.49. The lowest BCUT2D eigenvalue weighted by molar-refractivity contribution is 0.102. The van der Waals surface area contributed by atoms with Gasteiger partial charge in [0.25, 0.3) is 5.91 Å². The molecule has 0 radical (unpaired) electrons. The van der Waals surface area contributed by atoms with Gasteiger partial charge >= 0.3 is 0 Å². The molecule has 7 heteroatoms. The SMILES string of the molecule is CCC(C)Sc1ccc(NC(=O)c2nnn(C3CCNCC3)c2C)c(C)c1. The second-order valence-corrected chi connectivity index (χ2v) is 8.73. The van der Waals surface area contributed by atoms with Crippen molar-refractivity contribution in [2.45, 2.75) is 63.1 Å². The number of anilines is 1. The summed E-state index contributed by atoms with van der Waals surface area (Å²) in [5, 5.41) is 15.3. The summed E-state index contributed by atoms with van der Waals surface area (Å²) >= 11 is 1.86. The van der Waals surface area contributed by atoms with Gasteiger partial charge in [-0.1, -0.05) is 19.1 Å². The topological polar surface area (TPSA) is 71.8 Å². The fourth-order valence-corrected chi connectivity index (χ4v) is 4.32. The van der Waals surface area contributed by atoms with Crippen molar-refractivity contribution in [3.05, 3.63) is 35.2 Å². The fourth-order valence-electron chi connectivity index (χ4n) is 3.30. The van der Waals surface area contributed by atoms with Crippen LogP contribution in [-0.4, -0.2) is 39.2 Å². The Balaban J connectivity index is 1.71. The zero-order valence-corrected chi connectivity index (χ0v) is 17.4. The zero-order chi connectivity index (χ0) is 19.4. The van der Waals surface area contributed by atoms with Gasteiger partial charge in [0.15, 0.2) is 5.69 Å². The summed E-state index contributed by atoms with van der Waals surface area (Å²) in [5.74, 6) is -0.196. The van der Waals surface area contributed by atoms with E-state index in [9.17, 15) is 4.79 Å². The van der Waals surface area contributed by atoms with E-state index in [1.165, 1.54) is 4.90 Å². The second kappa shape index (κ2) is 8.89. The summed E-state index contributed by atoms with van der Waals surface area (Å²) < 4.78 is 1.91. The molecule has 2 N–H and O–H groups in total. The van der Waals surface area contributed by atoms with Crippen LogP contribution in [-0.2, 0) is 0 Å². The molecule has 0 spiro atoms. The summed E-state index contributed by atoms with van der Waals surface area (Å²) in [4.78, 5) is 14.0. The largest absolute Gasteiger partial charge is 0.320 e. The first kappa shape index (κ1) is 19.9. The van der Waals surface area contributed by atoms with Gasteiger partial charge in [0, 0.05) is 15.8 Å². The number of carbonyl (C=O) groups is 1. The summed E-state index contributed by atoms with van der Waals surface area (Å²) in [6.07, 6.45) is 3.16. The molecule has 0 bridgehead atoms. The van der Waals surface area contributed by atoms with Crippen molar-refractivity contribution < 1.29 is 4.79 Å². The number of thioether (sulfide) groups is 1. The quantitative estimate of drug-likeness (QED) is 0.734. The number of aromatic nitrogens is 3. The minimum Gasteiger partial charge on any atom is -0.320 e. The highest BCUT2D eigenvalue weighted by atomic mass is 32.2. The third-order valence-corrected chi connectivity index (χ3v) is 6.42. The Morgan fingerprint density at radius 2 is 2.11 bits per heavy atom. The standard InChI is InChI=1S/C20H29N5OS/c1-5-14(3)27-17-6-7-18(13(2)12-17)22-20(26)19-15(4)25(24-23-19)16-8-10-21-11-9-16/h6-7,12,14,16,21H,5,8-11H2,1-4H3,(H,22,26). The zero-order valence-electron chi connectivity index (χ0n) is 16.6. The van der Waals surface area contributed by atoms with Gasteiger partial charge in [-0.25, -0.2) is 4.68 Å². The van der Waals surface area contributed by atoms with E-state index in [1.807, 2.05) is 36.4 Å². The number of piperidine rings is 1. The van der Waals surface area contributed by atoms with E-state index in [-0.39, 0.29) is 5.91 Å². The second-order valence-electron chi connectivity index (χ2n) is 7.22. The van der Waals surface area contributed by atoms with Crippen LogP contribution >= 0.6 is 11.8 Å². The third kappa shape index (κ3) is 4.71. The van der Waals surface area contributed by atoms with Crippen LogP contribution in [0.5, 0.6) is 0 Å². The normalized spacial score (nSPS) is 16.3. The van der Waals surface area contributed by atoms with Crippen LogP contribution in [0.3, 0.4) is 0 Å². The van der Waals surface area contributed by atoms with Crippen LogP contribution in [0.25, 0.3) is 0 Å². The van der Waals surface area contributed by atoms with Gasteiger partial charge in [-0.05, 0) is 70.0 Å². The third-order valence-electron chi connectivity index (χ3n) is 5.16. The molecular weight excluding hydrogens is 358 g/mol. The summed E-state index contributed by atoms with van der Waals surface area (Å²) in [5.41, 5.74) is 3.12. The van der Waals surface area contributed by atoms with Crippen molar-refractivity contribution >= 4 is 23.4 Å². The molecule has 1 fully saturated rings. The molecule has 1 atom stereocenters. The highest BCUT2D eigenvalue weighted by molar-refractivity contribution is 7.99. The molecule has 3 rings (SSSR count). The molecular formula is C20H29N5OS. The van der Waals surface area contributed by atoms with E-state index in [1.54, 1.807) is 0 Å². The summed E-state index contributed by atoms with van der Waals surface area (Å²) in [6.45, 7) is 10.3. The van der Waals surface area contributed by atoms with E-state index in [0.717, 1.165) is 49.3 Å². The van der Waals surface area contributed by atoms with Gasteiger partial charge in [0.2, 0.25) is 0 Å². The predicted molar refractivity (Wildman–Crippen MR) is 111 cm³/mol. The Bertz CT molecular complexity index is 798. The Kier molecular flexibility index (Phi) is 6.55. The van der Waals surface area contributed by atoms with Crippen molar-refractivity contribution in [3.8, 4) is 0 Å². The Hall–Kier alpha value is -1.86. The molecule has 6 nitrogen and oxygen atoms in total. The molecule has 27 heavy (non-hydrogen) atoms. The van der Waals surface area contributed by atoms with E-state index in [0.29, 0.717) is 17.0 Å². The lowest BCUT2D eigenvalue weighted by Gasteiger charge is -2.23. The molecule has 1 unspecified atom stereocenters. The van der Waals surface area contributed by atoms with Gasteiger partial charge in [0.05, 0.1) is 11.7 Å². The lowest BCUT2D eigenvalue weighted by atomic mass is 10.1. The monoisotopic (exact) mass is 387 g/mol. The highest BCUT2D eigenvalue weighted by Gasteiger charge is 2.23. The van der Waals surface area contributed by atoms with Crippen LogP contribution in [0.15, 0.2) is 23.1 Å². The van der Waals surface area contributed by atoms with E-state index in [4.69, 9.17) is 0 Å². The van der Waals surface area contributed by atoms with Gasteiger partial charge < -0.3 is 10.6 Å². The molecule has 1 aromatic carbocycles. The minimum absolute atomic E-state index is 0.196. The molecule has 0 aliphatic carbocycles. The van der Waals surface area contributed by atoms with E-state index < -0.39 is 0 Å². The first-order valence-corrected chi connectivity index (χ1v) is 10.6. The molecule has 1 aliphatic heterocycles. The molecule has 0 saturated carbocycles. The molecule has 1 saturated heterocycles. The van der Waals surface area contributed by atoms with Crippen LogP contribution in [0.1, 0.15) is 60.9 Å². The maximum Gasteiger partial charge on any atom is 0.278 e. The van der Waals surface area contributed by atoms with Crippen molar-refractivity contribution in [2.75, 3.05) is 18.4 Å². The average molecular weight is 388 g/mol. The molecule has 146 valence electrons. The Morgan fingerprint density at radius 3 is 2.78 bits per heavy atom. The van der Waals surface area contributed by atoms with Crippen molar-refractivity contribution in [1.82, 2.24) is 20.3 Å². The lowest BCUT2D eigenvalue weighted by Crippen LogP contribution is -2.30. The number of hydrogen-bond donors (Lipinski definition) is 2. The number of hydrogen-bond acceptors (Lipinski definition) is 5. The smallest absolute Gasteiger partial charge is 0.278 e. The summed E-state index contributed by atoms with van der Waals surface area (Å²) in [7, 11) is 0. The fraction of sp³-hybridized carbons (Fsp3) is 0.550. The van der Waals surface area contributed by atoms with Crippen LogP contribution in [0.4, 0.5) is 5.69 Å². The van der Waals surface area contributed by atoms with E-state index >= 15 is 0 Å². The van der Waals surface area contributed by atoms with Crippen LogP contribution in [0, 0.1) is 13.8 Å². The molecule has 1 amide bonds. The number of carbonyl (C=O) groups excluding carboxylic acids is 1. The average Bonchev–Trinajstić information content (AvgIpc) is 3.06. The Labute approximate surface area is 165 Å². The number of nitrogens with one attached hydrogen (secondary N) is 2. The van der Waals surface area contributed by atoms with E-state index in [2.05, 4.69) is 46.9 Å². The number of nitrogens with zero attached hydrogens (tertiary/aromatic N) is 3. The Morgan fingerprint density at radius 1 is 1.37 bits per heavy atom. The molecule has 1 aliphatic rings. The van der Waals surface area contributed by atoms with Gasteiger partial charge in [-0.2, -0.15) is 0 Å². The molecule has 2 heterocycles. The van der Waals surface area contributed by atoms with Gasteiger partial charge in [0.1, 0.15) is 0 Å². The maximum atomic E-state index is 12.7. The highest BCUT2D eigenvalue weighted by Crippen LogP contribution is 2.29. The van der Waals surface area contributed by atoms with Gasteiger partial charge in [-0.15, -0.1) is 16.9 Å². The van der Waals surface area contributed by atoms with Crippen molar-refractivity contribution in [2.24, 2.45) is 0 Å². The maximum absolute atomic E-state index is 12.7. The number of benzene rings is 1. The predicted octanol–water partition coefficient (Wildman–Crippen LogP) is 3.96. The van der Waals surface area contributed by atoms with Crippen LogP contribution < -0.4 is 10.6 Å². The molecule has 2 aromatic rings. The van der Waals surface area contributed by atoms with Crippen molar-refractivity contribution in [3.63, 3.8) is 0 Å². The molecule has 1 aromatic heterocycles. The first-order valence-electron chi connectivity index (χ1n) is 9.70. The van der Waals surface area contributed by atoms with Crippen LogP contribution in [0.2, 0.25) is 0 Å². The van der Waals surface area contributed by atoms with Gasteiger partial charge in [-0.3, -0.25) is 4.79 Å². The first-order chi connectivity index (χ1) is 13.0. The number of aryl methyl sites for hydroxylation is 1. The minimum atomic E-state index is -0.196. The number of amides is 1. The van der Waals surface area contributed by atoms with Crippen molar-refractivity contribution in [1.29, 1.82) is 0 Å². The number of rotatable bonds is 6.